The Labute approximate surface area is 165 Å². The van der Waals surface area contributed by atoms with Gasteiger partial charge in [0.25, 0.3) is 5.91 Å². The molecule has 28 heavy (non-hydrogen) atoms. The average molecular weight is 366 g/mol. The molecule has 3 nitrogen and oxygen atoms in total. The standard InChI is InChI=1S/C25H22N2O/c1-16-8-7-11-20(13-16)26-25(28)22-15-23(19-9-5-4-6-10-19)27-24-18(3)12-17(2)14-21(22)24/h4-15H,1-3H3,(H,26,28). The molecule has 0 spiro atoms. The summed E-state index contributed by atoms with van der Waals surface area (Å²) in [5, 5.41) is 3.92. The van der Waals surface area contributed by atoms with E-state index in [-0.39, 0.29) is 5.91 Å². The van der Waals surface area contributed by atoms with Gasteiger partial charge in [-0.3, -0.25) is 4.79 Å². The molecule has 3 aromatic carbocycles. The highest BCUT2D eigenvalue weighted by Gasteiger charge is 2.16. The highest BCUT2D eigenvalue weighted by molar-refractivity contribution is 6.13. The number of carbonyl (C=O) groups is 1. The monoisotopic (exact) mass is 366 g/mol. The van der Waals surface area contributed by atoms with E-state index in [0.717, 1.165) is 44.5 Å². The second kappa shape index (κ2) is 7.28. The molecule has 0 fully saturated rings. The van der Waals surface area contributed by atoms with Crippen LogP contribution in [0.15, 0.2) is 72.8 Å². The minimum atomic E-state index is -0.125. The summed E-state index contributed by atoms with van der Waals surface area (Å²) in [6.07, 6.45) is 0. The van der Waals surface area contributed by atoms with Crippen molar-refractivity contribution in [2.45, 2.75) is 20.8 Å². The van der Waals surface area contributed by atoms with Crippen molar-refractivity contribution in [2.24, 2.45) is 0 Å². The molecule has 0 bridgehead atoms. The number of benzene rings is 3. The molecule has 0 radical (unpaired) electrons. The van der Waals surface area contributed by atoms with Crippen molar-refractivity contribution in [3.8, 4) is 11.3 Å². The van der Waals surface area contributed by atoms with Crippen molar-refractivity contribution < 1.29 is 4.79 Å². The molecule has 1 aromatic heterocycles. The molecule has 1 heterocycles. The third kappa shape index (κ3) is 3.52. The van der Waals surface area contributed by atoms with E-state index in [1.54, 1.807) is 0 Å². The second-order valence-corrected chi connectivity index (χ2v) is 7.22. The third-order valence-corrected chi connectivity index (χ3v) is 4.84. The Morgan fingerprint density at radius 1 is 0.821 bits per heavy atom. The molecule has 0 aliphatic carbocycles. The van der Waals surface area contributed by atoms with E-state index in [2.05, 4.69) is 11.4 Å². The van der Waals surface area contributed by atoms with Crippen molar-refractivity contribution in [3.63, 3.8) is 0 Å². The number of pyridine rings is 1. The number of amides is 1. The first-order valence-electron chi connectivity index (χ1n) is 9.37. The first-order valence-corrected chi connectivity index (χ1v) is 9.37. The molecular formula is C25H22N2O. The lowest BCUT2D eigenvalue weighted by molar-refractivity contribution is 0.102. The number of fused-ring (bicyclic) bond motifs is 1. The molecule has 1 N–H and O–H groups in total. The molecule has 1 amide bonds. The number of hydrogen-bond donors (Lipinski definition) is 1. The van der Waals surface area contributed by atoms with Crippen LogP contribution in [0.3, 0.4) is 0 Å². The van der Waals surface area contributed by atoms with Gasteiger partial charge in [0.2, 0.25) is 0 Å². The van der Waals surface area contributed by atoms with Gasteiger partial charge >= 0.3 is 0 Å². The Kier molecular flexibility index (Phi) is 4.66. The van der Waals surface area contributed by atoms with Gasteiger partial charge in [0, 0.05) is 16.6 Å². The number of nitrogens with one attached hydrogen (secondary N) is 1. The number of anilines is 1. The van der Waals surface area contributed by atoms with E-state index < -0.39 is 0 Å². The second-order valence-electron chi connectivity index (χ2n) is 7.22. The number of aryl methyl sites for hydroxylation is 3. The Morgan fingerprint density at radius 2 is 1.61 bits per heavy atom. The van der Waals surface area contributed by atoms with Crippen LogP contribution in [0, 0.1) is 20.8 Å². The van der Waals surface area contributed by atoms with Crippen molar-refractivity contribution >= 4 is 22.5 Å². The maximum atomic E-state index is 13.2. The van der Waals surface area contributed by atoms with Gasteiger partial charge in [0.05, 0.1) is 16.8 Å². The average Bonchev–Trinajstić information content (AvgIpc) is 2.68. The van der Waals surface area contributed by atoms with Crippen LogP contribution in [0.4, 0.5) is 5.69 Å². The lowest BCUT2D eigenvalue weighted by Gasteiger charge is -2.13. The van der Waals surface area contributed by atoms with E-state index in [1.807, 2.05) is 87.5 Å². The zero-order chi connectivity index (χ0) is 19.7. The first kappa shape index (κ1) is 17.9. The van der Waals surface area contributed by atoms with Gasteiger partial charge < -0.3 is 5.32 Å². The van der Waals surface area contributed by atoms with Gasteiger partial charge in [0.1, 0.15) is 0 Å². The fraction of sp³-hybridized carbons (Fsp3) is 0.120. The molecule has 0 aliphatic rings. The smallest absolute Gasteiger partial charge is 0.256 e. The predicted octanol–water partition coefficient (Wildman–Crippen LogP) is 6.08. The van der Waals surface area contributed by atoms with E-state index in [1.165, 1.54) is 0 Å². The fourth-order valence-corrected chi connectivity index (χ4v) is 3.55. The lowest BCUT2D eigenvalue weighted by atomic mass is 9.99. The predicted molar refractivity (Wildman–Crippen MR) is 116 cm³/mol. The van der Waals surface area contributed by atoms with E-state index in [0.29, 0.717) is 5.56 Å². The van der Waals surface area contributed by atoms with Crippen LogP contribution in [0.2, 0.25) is 0 Å². The summed E-state index contributed by atoms with van der Waals surface area (Å²) in [5.74, 6) is -0.125. The zero-order valence-electron chi connectivity index (χ0n) is 16.3. The van der Waals surface area contributed by atoms with E-state index in [4.69, 9.17) is 4.98 Å². The Balaban J connectivity index is 1.88. The van der Waals surface area contributed by atoms with E-state index >= 15 is 0 Å². The van der Waals surface area contributed by atoms with Crippen LogP contribution in [-0.4, -0.2) is 10.9 Å². The lowest BCUT2D eigenvalue weighted by Crippen LogP contribution is -2.13. The summed E-state index contributed by atoms with van der Waals surface area (Å²) < 4.78 is 0. The van der Waals surface area contributed by atoms with Gasteiger partial charge in [-0.15, -0.1) is 0 Å². The molecule has 4 rings (SSSR count). The summed E-state index contributed by atoms with van der Waals surface area (Å²) in [6, 6.07) is 23.8. The highest BCUT2D eigenvalue weighted by atomic mass is 16.1. The first-order chi connectivity index (χ1) is 13.5. The van der Waals surface area contributed by atoms with Crippen LogP contribution < -0.4 is 5.32 Å². The summed E-state index contributed by atoms with van der Waals surface area (Å²) in [4.78, 5) is 18.1. The Bertz CT molecular complexity index is 1180. The van der Waals surface area contributed by atoms with Crippen LogP contribution in [0.25, 0.3) is 22.2 Å². The molecule has 0 atom stereocenters. The number of hydrogen-bond acceptors (Lipinski definition) is 2. The molecule has 0 saturated carbocycles. The molecular weight excluding hydrogens is 344 g/mol. The summed E-state index contributed by atoms with van der Waals surface area (Å²) >= 11 is 0. The largest absolute Gasteiger partial charge is 0.322 e. The number of aromatic nitrogens is 1. The van der Waals surface area contributed by atoms with Crippen LogP contribution in [0.1, 0.15) is 27.0 Å². The number of nitrogens with zero attached hydrogens (tertiary/aromatic N) is 1. The SMILES string of the molecule is Cc1cccc(NC(=O)c2cc(-c3ccccc3)nc3c(C)cc(C)cc23)c1. The molecule has 0 saturated heterocycles. The summed E-state index contributed by atoms with van der Waals surface area (Å²) in [6.45, 7) is 6.09. The highest BCUT2D eigenvalue weighted by Crippen LogP contribution is 2.28. The molecule has 0 aliphatic heterocycles. The van der Waals surface area contributed by atoms with Crippen molar-refractivity contribution in [3.05, 3.63) is 95.1 Å². The normalized spacial score (nSPS) is 10.8. The van der Waals surface area contributed by atoms with Crippen LogP contribution >= 0.6 is 0 Å². The zero-order valence-corrected chi connectivity index (χ0v) is 16.3. The van der Waals surface area contributed by atoms with Crippen molar-refractivity contribution in [1.82, 2.24) is 4.98 Å². The third-order valence-electron chi connectivity index (χ3n) is 4.84. The van der Waals surface area contributed by atoms with Crippen LogP contribution in [-0.2, 0) is 0 Å². The van der Waals surface area contributed by atoms with Crippen LogP contribution in [0.5, 0.6) is 0 Å². The molecule has 4 aromatic rings. The van der Waals surface area contributed by atoms with Gasteiger partial charge in [-0.25, -0.2) is 4.98 Å². The summed E-state index contributed by atoms with van der Waals surface area (Å²) in [5.41, 5.74) is 7.37. The van der Waals surface area contributed by atoms with E-state index in [9.17, 15) is 4.79 Å². The molecule has 138 valence electrons. The van der Waals surface area contributed by atoms with Gasteiger partial charge in [-0.05, 0) is 56.2 Å². The van der Waals surface area contributed by atoms with Gasteiger partial charge in [-0.2, -0.15) is 0 Å². The Morgan fingerprint density at radius 3 is 2.36 bits per heavy atom. The van der Waals surface area contributed by atoms with Gasteiger partial charge in [0.15, 0.2) is 0 Å². The quantitative estimate of drug-likeness (QED) is 0.477. The fourth-order valence-electron chi connectivity index (χ4n) is 3.55. The van der Waals surface area contributed by atoms with Gasteiger partial charge in [-0.1, -0.05) is 54.1 Å². The minimum Gasteiger partial charge on any atom is -0.322 e. The minimum absolute atomic E-state index is 0.125. The summed E-state index contributed by atoms with van der Waals surface area (Å²) in [7, 11) is 0. The Hall–Kier alpha value is -3.46. The molecule has 0 unspecified atom stereocenters. The number of carbonyl (C=O) groups excluding carboxylic acids is 1. The maximum Gasteiger partial charge on any atom is 0.256 e. The topological polar surface area (TPSA) is 42.0 Å². The van der Waals surface area contributed by atoms with Crippen molar-refractivity contribution in [2.75, 3.05) is 5.32 Å². The van der Waals surface area contributed by atoms with Crippen molar-refractivity contribution in [1.29, 1.82) is 0 Å². The number of rotatable bonds is 3. The molecule has 3 heteroatoms. The maximum absolute atomic E-state index is 13.2.